The summed E-state index contributed by atoms with van der Waals surface area (Å²) in [6.07, 6.45) is 4.52. The highest BCUT2D eigenvalue weighted by atomic mass is 16.5. The van der Waals surface area contributed by atoms with Gasteiger partial charge in [-0.15, -0.1) is 0 Å². The average molecular weight is 457 g/mol. The fraction of sp³-hybridized carbons (Fsp3) is 0.367. The first kappa shape index (κ1) is 24.0. The monoisotopic (exact) mass is 456 g/mol. The Kier molecular flexibility index (Phi) is 8.37. The molecule has 0 aromatic heterocycles. The van der Waals surface area contributed by atoms with Gasteiger partial charge in [-0.1, -0.05) is 61.5 Å². The standard InChI is InChI=1S/C30H36N2O2/c1-3-29(26-13-15-28(34-2)16-14-26)31-30(33)27-11-9-25(10-12-27)22-32-19-17-24(18-20-32)21-23-7-5-4-6-8-23/h4-16,24,29H,3,17-22H2,1-2H3,(H,31,33). The van der Waals surface area contributed by atoms with Crippen molar-refractivity contribution in [2.45, 2.75) is 45.2 Å². The number of benzene rings is 3. The topological polar surface area (TPSA) is 41.6 Å². The molecule has 1 fully saturated rings. The van der Waals surface area contributed by atoms with Crippen molar-refractivity contribution in [3.05, 3.63) is 101 Å². The Hall–Kier alpha value is -3.11. The van der Waals surface area contributed by atoms with Crippen LogP contribution < -0.4 is 10.1 Å². The molecule has 4 heteroatoms. The molecular weight excluding hydrogens is 420 g/mol. The van der Waals surface area contributed by atoms with Crippen LogP contribution >= 0.6 is 0 Å². The summed E-state index contributed by atoms with van der Waals surface area (Å²) < 4.78 is 5.24. The predicted molar refractivity (Wildman–Crippen MR) is 138 cm³/mol. The third-order valence-corrected chi connectivity index (χ3v) is 6.93. The number of amides is 1. The van der Waals surface area contributed by atoms with Crippen LogP contribution in [0.3, 0.4) is 0 Å². The van der Waals surface area contributed by atoms with Crippen LogP contribution in [-0.4, -0.2) is 31.0 Å². The summed E-state index contributed by atoms with van der Waals surface area (Å²) in [6.45, 7) is 5.31. The van der Waals surface area contributed by atoms with Crippen molar-refractivity contribution in [1.29, 1.82) is 0 Å². The Bertz CT molecular complexity index is 1020. The second-order valence-electron chi connectivity index (χ2n) is 9.31. The minimum absolute atomic E-state index is 0.0183. The second kappa shape index (κ2) is 11.8. The molecule has 0 spiro atoms. The minimum atomic E-state index is -0.0315. The van der Waals surface area contributed by atoms with Crippen LogP contribution in [0.25, 0.3) is 0 Å². The van der Waals surface area contributed by atoms with Gasteiger partial charge in [-0.3, -0.25) is 9.69 Å². The maximum atomic E-state index is 12.9. The first-order valence-corrected chi connectivity index (χ1v) is 12.4. The van der Waals surface area contributed by atoms with Gasteiger partial charge >= 0.3 is 0 Å². The van der Waals surface area contributed by atoms with Crippen LogP contribution in [0.15, 0.2) is 78.9 Å². The van der Waals surface area contributed by atoms with Gasteiger partial charge in [-0.05, 0) is 85.6 Å². The lowest BCUT2D eigenvalue weighted by atomic mass is 9.90. The molecule has 0 radical (unpaired) electrons. The number of hydrogen-bond acceptors (Lipinski definition) is 3. The largest absolute Gasteiger partial charge is 0.497 e. The highest BCUT2D eigenvalue weighted by Crippen LogP contribution is 2.24. The number of piperidine rings is 1. The van der Waals surface area contributed by atoms with E-state index < -0.39 is 0 Å². The van der Waals surface area contributed by atoms with Gasteiger partial charge in [-0.25, -0.2) is 0 Å². The van der Waals surface area contributed by atoms with Crippen molar-refractivity contribution in [1.82, 2.24) is 10.2 Å². The normalized spacial score (nSPS) is 15.6. The summed E-state index contributed by atoms with van der Waals surface area (Å²) in [4.78, 5) is 15.4. The Labute approximate surface area is 204 Å². The highest BCUT2D eigenvalue weighted by molar-refractivity contribution is 5.94. The van der Waals surface area contributed by atoms with Gasteiger partial charge in [0.25, 0.3) is 5.91 Å². The zero-order valence-electron chi connectivity index (χ0n) is 20.4. The Morgan fingerprint density at radius 3 is 2.24 bits per heavy atom. The van der Waals surface area contributed by atoms with E-state index in [2.05, 4.69) is 59.6 Å². The van der Waals surface area contributed by atoms with Gasteiger partial charge in [0, 0.05) is 12.1 Å². The molecule has 1 aliphatic heterocycles. The maximum Gasteiger partial charge on any atom is 0.251 e. The fourth-order valence-electron chi connectivity index (χ4n) is 4.81. The van der Waals surface area contributed by atoms with Crippen molar-refractivity contribution in [2.24, 2.45) is 5.92 Å². The summed E-state index contributed by atoms with van der Waals surface area (Å²) in [5.74, 6) is 1.57. The first-order chi connectivity index (χ1) is 16.6. The minimum Gasteiger partial charge on any atom is -0.497 e. The number of carbonyl (C=O) groups excluding carboxylic acids is 1. The third-order valence-electron chi connectivity index (χ3n) is 6.93. The van der Waals surface area contributed by atoms with Crippen molar-refractivity contribution in [2.75, 3.05) is 20.2 Å². The van der Waals surface area contributed by atoms with E-state index in [1.807, 2.05) is 36.4 Å². The smallest absolute Gasteiger partial charge is 0.251 e. The number of likely N-dealkylation sites (tertiary alicyclic amines) is 1. The quantitative estimate of drug-likeness (QED) is 0.427. The van der Waals surface area contributed by atoms with Crippen molar-refractivity contribution in [3.63, 3.8) is 0 Å². The zero-order chi connectivity index (χ0) is 23.8. The van der Waals surface area contributed by atoms with Crippen LogP contribution in [0.5, 0.6) is 5.75 Å². The van der Waals surface area contributed by atoms with Crippen LogP contribution in [0.4, 0.5) is 0 Å². The van der Waals surface area contributed by atoms with E-state index in [1.54, 1.807) is 7.11 Å². The van der Waals surface area contributed by atoms with Crippen molar-refractivity contribution >= 4 is 5.91 Å². The van der Waals surface area contributed by atoms with Crippen molar-refractivity contribution in [3.8, 4) is 5.75 Å². The molecule has 1 heterocycles. The van der Waals surface area contributed by atoms with E-state index >= 15 is 0 Å². The molecule has 3 aromatic carbocycles. The van der Waals surface area contributed by atoms with Gasteiger partial charge in [-0.2, -0.15) is 0 Å². The first-order valence-electron chi connectivity index (χ1n) is 12.4. The van der Waals surface area contributed by atoms with Crippen molar-refractivity contribution < 1.29 is 9.53 Å². The van der Waals surface area contributed by atoms with Gasteiger partial charge in [0.1, 0.15) is 5.75 Å². The van der Waals surface area contributed by atoms with Crippen LogP contribution in [-0.2, 0) is 13.0 Å². The number of nitrogens with one attached hydrogen (secondary N) is 1. The maximum absolute atomic E-state index is 12.9. The molecule has 1 aliphatic rings. The third kappa shape index (κ3) is 6.48. The molecule has 0 aliphatic carbocycles. The number of methoxy groups -OCH3 is 1. The molecule has 1 atom stereocenters. The van der Waals surface area contributed by atoms with Gasteiger partial charge in [0.2, 0.25) is 0 Å². The second-order valence-corrected chi connectivity index (χ2v) is 9.31. The predicted octanol–water partition coefficient (Wildman–Crippen LogP) is 6.03. The molecule has 1 saturated heterocycles. The molecule has 4 rings (SSSR count). The van der Waals surface area contributed by atoms with E-state index in [4.69, 9.17) is 4.74 Å². The van der Waals surface area contributed by atoms with E-state index in [0.29, 0.717) is 5.56 Å². The van der Waals surface area contributed by atoms with E-state index in [0.717, 1.165) is 43.3 Å². The number of hydrogen-bond donors (Lipinski definition) is 1. The molecule has 1 amide bonds. The lowest BCUT2D eigenvalue weighted by Crippen LogP contribution is -2.33. The van der Waals surface area contributed by atoms with Gasteiger partial charge in [0.05, 0.1) is 13.2 Å². The summed E-state index contributed by atoms with van der Waals surface area (Å²) in [6, 6.07) is 26.8. The molecular formula is C30H36N2O2. The van der Waals surface area contributed by atoms with Crippen LogP contribution in [0.2, 0.25) is 0 Å². The number of rotatable bonds is 9. The summed E-state index contributed by atoms with van der Waals surface area (Å²) in [5, 5.41) is 3.17. The summed E-state index contributed by atoms with van der Waals surface area (Å²) >= 11 is 0. The SMILES string of the molecule is CCC(NC(=O)c1ccc(CN2CCC(Cc3ccccc3)CC2)cc1)c1ccc(OC)cc1. The molecule has 0 bridgehead atoms. The molecule has 34 heavy (non-hydrogen) atoms. The van der Waals surface area contributed by atoms with Gasteiger partial charge in [0.15, 0.2) is 0 Å². The molecule has 4 nitrogen and oxygen atoms in total. The van der Waals surface area contributed by atoms with E-state index in [9.17, 15) is 4.79 Å². The molecule has 178 valence electrons. The number of nitrogens with zero attached hydrogens (tertiary/aromatic N) is 1. The molecule has 3 aromatic rings. The Morgan fingerprint density at radius 2 is 1.62 bits per heavy atom. The summed E-state index contributed by atoms with van der Waals surface area (Å²) in [7, 11) is 1.66. The van der Waals surface area contributed by atoms with E-state index in [-0.39, 0.29) is 11.9 Å². The average Bonchev–Trinajstić information content (AvgIpc) is 2.89. The summed E-state index contributed by atoms with van der Waals surface area (Å²) in [5.41, 5.74) is 4.51. The molecule has 0 saturated carbocycles. The van der Waals surface area contributed by atoms with Crippen LogP contribution in [0, 0.1) is 5.92 Å². The number of ether oxygens (including phenoxy) is 1. The Balaban J connectivity index is 1.26. The highest BCUT2D eigenvalue weighted by Gasteiger charge is 2.20. The lowest BCUT2D eigenvalue weighted by Gasteiger charge is -2.32. The lowest BCUT2D eigenvalue weighted by molar-refractivity contribution is 0.0935. The molecule has 1 N–H and O–H groups in total. The zero-order valence-corrected chi connectivity index (χ0v) is 20.4. The fourth-order valence-corrected chi connectivity index (χ4v) is 4.81. The number of carbonyl (C=O) groups is 1. The van der Waals surface area contributed by atoms with E-state index in [1.165, 1.54) is 30.4 Å². The molecule has 1 unspecified atom stereocenters. The van der Waals surface area contributed by atoms with Gasteiger partial charge < -0.3 is 10.1 Å². The Morgan fingerprint density at radius 1 is 0.941 bits per heavy atom. The van der Waals surface area contributed by atoms with Crippen LogP contribution in [0.1, 0.15) is 59.3 Å².